The molecule has 0 aliphatic heterocycles. The first kappa shape index (κ1) is 33.7. The van der Waals surface area contributed by atoms with Gasteiger partial charge in [0.05, 0.1) is 31.8 Å². The largest absolute Gasteiger partial charge is 0.379 e. The van der Waals surface area contributed by atoms with Crippen LogP contribution < -0.4 is 0 Å². The summed E-state index contributed by atoms with van der Waals surface area (Å²) in [6.07, 6.45) is 3.02. The molecule has 0 fully saturated rings. The van der Waals surface area contributed by atoms with E-state index >= 15 is 0 Å². The third-order valence-corrected chi connectivity index (χ3v) is 5.48. The van der Waals surface area contributed by atoms with Gasteiger partial charge in [-0.3, -0.25) is 0 Å². The first-order valence-corrected chi connectivity index (χ1v) is 13.1. The highest BCUT2D eigenvalue weighted by atomic mass is 16.9. The molecule has 0 heterocycles. The molecule has 0 aliphatic carbocycles. The molecule has 0 aromatic rings. The van der Waals surface area contributed by atoms with Gasteiger partial charge in [0.1, 0.15) is 0 Å². The lowest BCUT2D eigenvalue weighted by molar-refractivity contribution is -0.387. The molecule has 0 amide bonds. The van der Waals surface area contributed by atoms with Crippen LogP contribution in [0.4, 0.5) is 0 Å². The van der Waals surface area contributed by atoms with Crippen molar-refractivity contribution in [1.82, 2.24) is 0 Å². The molecule has 8 heteroatoms. The lowest BCUT2D eigenvalue weighted by atomic mass is 10.1. The van der Waals surface area contributed by atoms with E-state index in [0.29, 0.717) is 39.3 Å². The van der Waals surface area contributed by atoms with Gasteiger partial charge in [0, 0.05) is 38.8 Å². The maximum Gasteiger partial charge on any atom is 0.285 e. The number of hydrogen-bond acceptors (Lipinski definition) is 8. The smallest absolute Gasteiger partial charge is 0.285 e. The van der Waals surface area contributed by atoms with Crippen LogP contribution in [-0.4, -0.2) is 76.0 Å². The van der Waals surface area contributed by atoms with E-state index in [-0.39, 0.29) is 24.0 Å². The normalized spacial score (nSPS) is 17.6. The number of ether oxygens (including phenoxy) is 7. The Morgan fingerprint density at radius 3 is 1.94 bits per heavy atom. The van der Waals surface area contributed by atoms with Gasteiger partial charge in [0.25, 0.3) is 5.97 Å². The second-order valence-corrected chi connectivity index (χ2v) is 9.41. The van der Waals surface area contributed by atoms with Gasteiger partial charge in [-0.15, -0.1) is 0 Å². The summed E-state index contributed by atoms with van der Waals surface area (Å²) < 4.78 is 40.8. The Hall–Kier alpha value is -0.320. The zero-order valence-corrected chi connectivity index (χ0v) is 23.3. The maximum absolute atomic E-state index is 9.90. The number of unbranched alkanes of at least 4 members (excludes halogenated alkanes) is 1. The topological polar surface area (TPSA) is 84.8 Å². The van der Waals surface area contributed by atoms with Crippen LogP contribution in [0.3, 0.4) is 0 Å². The molecule has 5 atom stereocenters. The molecule has 8 nitrogen and oxygen atoms in total. The van der Waals surface area contributed by atoms with Crippen LogP contribution in [0.1, 0.15) is 87.5 Å². The second kappa shape index (κ2) is 19.8. The summed E-state index contributed by atoms with van der Waals surface area (Å²) in [4.78, 5) is 0. The predicted molar refractivity (Wildman–Crippen MR) is 133 cm³/mol. The molecule has 0 rings (SSSR count). The van der Waals surface area contributed by atoms with Gasteiger partial charge in [0.15, 0.2) is 12.6 Å². The quantitative estimate of drug-likeness (QED) is 0.155. The monoisotopic (exact) mass is 494 g/mol. The minimum Gasteiger partial charge on any atom is -0.379 e. The van der Waals surface area contributed by atoms with Crippen molar-refractivity contribution >= 4 is 0 Å². The fourth-order valence-electron chi connectivity index (χ4n) is 3.14. The van der Waals surface area contributed by atoms with E-state index in [4.69, 9.17) is 33.2 Å². The van der Waals surface area contributed by atoms with Crippen molar-refractivity contribution in [3.8, 4) is 0 Å². The molecule has 0 saturated heterocycles. The molecule has 1 N–H and O–H groups in total. The van der Waals surface area contributed by atoms with Crippen molar-refractivity contribution in [3.05, 3.63) is 0 Å². The van der Waals surface area contributed by atoms with Crippen molar-refractivity contribution in [2.24, 2.45) is 11.8 Å². The summed E-state index contributed by atoms with van der Waals surface area (Å²) >= 11 is 0. The second-order valence-electron chi connectivity index (χ2n) is 9.41. The Labute approximate surface area is 208 Å². The van der Waals surface area contributed by atoms with Gasteiger partial charge in [-0.1, -0.05) is 27.7 Å². The van der Waals surface area contributed by atoms with Crippen molar-refractivity contribution in [2.75, 3.05) is 40.1 Å². The molecule has 0 saturated carbocycles. The summed E-state index contributed by atoms with van der Waals surface area (Å²) in [6.45, 7) is 18.5. The summed E-state index contributed by atoms with van der Waals surface area (Å²) in [7, 11) is 1.58. The molecule has 206 valence electrons. The van der Waals surface area contributed by atoms with Crippen molar-refractivity contribution in [2.45, 2.75) is 118 Å². The molecule has 0 aliphatic rings. The summed E-state index contributed by atoms with van der Waals surface area (Å²) in [6, 6.07) is 0. The molecule has 0 bridgehead atoms. The predicted octanol–water partition coefficient (Wildman–Crippen LogP) is 5.11. The summed E-state index contributed by atoms with van der Waals surface area (Å²) in [5.41, 5.74) is 0. The van der Waals surface area contributed by atoms with Crippen LogP contribution in [0, 0.1) is 11.8 Å². The van der Waals surface area contributed by atoms with E-state index < -0.39 is 18.6 Å². The highest BCUT2D eigenvalue weighted by molar-refractivity contribution is 4.63. The Bertz CT molecular complexity index is 462. The standard InChI is InChI=1S/C26H54O8/c1-10-23(8)29-16-12-13-17-31-25(22(7)14-18-30-24(27)20(3)4)32-19-15-26(28-9,33-11-2)34-21(5)6/h20-25,27H,10-19H2,1-9H3. The number of hydrogen-bond donors (Lipinski definition) is 1. The van der Waals surface area contributed by atoms with Gasteiger partial charge >= 0.3 is 0 Å². The third kappa shape index (κ3) is 15.6. The Morgan fingerprint density at radius 2 is 1.41 bits per heavy atom. The molecule has 34 heavy (non-hydrogen) atoms. The zero-order valence-electron chi connectivity index (χ0n) is 23.3. The van der Waals surface area contributed by atoms with Gasteiger partial charge in [-0.2, -0.15) is 0 Å². The van der Waals surface area contributed by atoms with Crippen LogP contribution in [0.5, 0.6) is 0 Å². The first-order chi connectivity index (χ1) is 16.1. The van der Waals surface area contributed by atoms with E-state index in [0.717, 1.165) is 25.9 Å². The first-order valence-electron chi connectivity index (χ1n) is 13.1. The van der Waals surface area contributed by atoms with Crippen molar-refractivity contribution in [1.29, 1.82) is 0 Å². The van der Waals surface area contributed by atoms with Crippen LogP contribution in [0.2, 0.25) is 0 Å². The summed E-state index contributed by atoms with van der Waals surface area (Å²) in [5.74, 6) is -1.02. The molecular weight excluding hydrogens is 440 g/mol. The molecular formula is C26H54O8. The Balaban J connectivity index is 4.80. The van der Waals surface area contributed by atoms with Gasteiger partial charge in [-0.25, -0.2) is 0 Å². The fourth-order valence-corrected chi connectivity index (χ4v) is 3.14. The van der Waals surface area contributed by atoms with E-state index in [1.165, 1.54) is 0 Å². The van der Waals surface area contributed by atoms with Gasteiger partial charge in [0.2, 0.25) is 0 Å². The lowest BCUT2D eigenvalue weighted by Gasteiger charge is -2.34. The molecule has 0 spiro atoms. The minimum absolute atomic E-state index is 0.0536. The zero-order chi connectivity index (χ0) is 26.0. The summed E-state index contributed by atoms with van der Waals surface area (Å²) in [5, 5.41) is 9.90. The maximum atomic E-state index is 9.90. The Morgan fingerprint density at radius 1 is 0.794 bits per heavy atom. The third-order valence-electron chi connectivity index (χ3n) is 5.48. The molecule has 0 aromatic heterocycles. The van der Waals surface area contributed by atoms with Crippen molar-refractivity contribution < 1.29 is 38.3 Å². The van der Waals surface area contributed by atoms with E-state index in [1.54, 1.807) is 7.11 Å². The number of methoxy groups -OCH3 is 1. The molecule has 5 unspecified atom stereocenters. The van der Waals surface area contributed by atoms with E-state index in [2.05, 4.69) is 20.8 Å². The van der Waals surface area contributed by atoms with Crippen LogP contribution in [-0.2, 0) is 33.2 Å². The minimum atomic E-state index is -1.14. The van der Waals surface area contributed by atoms with Crippen LogP contribution >= 0.6 is 0 Å². The average molecular weight is 495 g/mol. The van der Waals surface area contributed by atoms with E-state index in [9.17, 15) is 5.11 Å². The number of rotatable bonds is 23. The SMILES string of the molecule is CCOC(CCOC(OCCCCOC(C)CC)C(C)CCOC(O)C(C)C)(OC)OC(C)C. The van der Waals surface area contributed by atoms with Crippen LogP contribution in [0.15, 0.2) is 0 Å². The molecule has 0 aromatic carbocycles. The highest BCUT2D eigenvalue weighted by Gasteiger charge is 2.34. The average Bonchev–Trinajstić information content (AvgIpc) is 2.79. The molecule has 0 radical (unpaired) electrons. The van der Waals surface area contributed by atoms with Gasteiger partial charge < -0.3 is 38.3 Å². The lowest BCUT2D eigenvalue weighted by Crippen LogP contribution is -2.42. The number of aliphatic hydroxyl groups excluding tert-OH is 1. The fraction of sp³-hybridized carbons (Fsp3) is 1.00. The van der Waals surface area contributed by atoms with E-state index in [1.807, 2.05) is 34.6 Å². The Kier molecular flexibility index (Phi) is 19.6. The number of aliphatic hydroxyl groups is 1. The highest BCUT2D eigenvalue weighted by Crippen LogP contribution is 2.23. The van der Waals surface area contributed by atoms with Crippen molar-refractivity contribution in [3.63, 3.8) is 0 Å². The van der Waals surface area contributed by atoms with Crippen LogP contribution in [0.25, 0.3) is 0 Å². The van der Waals surface area contributed by atoms with Gasteiger partial charge in [-0.05, 0) is 53.4 Å².